The third kappa shape index (κ3) is 3.57. The third-order valence-electron chi connectivity index (χ3n) is 3.85. The van der Waals surface area contributed by atoms with Crippen molar-refractivity contribution in [2.75, 3.05) is 10.4 Å². The normalized spacial score (nSPS) is 20.4. The van der Waals surface area contributed by atoms with E-state index in [0.717, 1.165) is 15.8 Å². The summed E-state index contributed by atoms with van der Waals surface area (Å²) in [5, 5.41) is 4.75. The zero-order chi connectivity index (χ0) is 16.4. The number of nitrogens with zero attached hydrogens (tertiary/aromatic N) is 1. The highest BCUT2D eigenvalue weighted by atomic mass is 79.9. The molecule has 1 fully saturated rings. The van der Waals surface area contributed by atoms with Gasteiger partial charge in [-0.25, -0.2) is 4.84 Å². The SMILES string of the molecule is CC1(C)CC(Nc2ccc(Br)cc2)ON(c2ccccc2)C1=O. The molecule has 1 aliphatic heterocycles. The Morgan fingerprint density at radius 1 is 1.13 bits per heavy atom. The first-order valence-corrected chi connectivity index (χ1v) is 8.33. The molecule has 1 N–H and O–H groups in total. The smallest absolute Gasteiger partial charge is 0.256 e. The lowest BCUT2D eigenvalue weighted by atomic mass is 9.86. The van der Waals surface area contributed by atoms with Gasteiger partial charge in [0.2, 0.25) is 0 Å². The lowest BCUT2D eigenvalue weighted by Gasteiger charge is -2.41. The second-order valence-corrected chi connectivity index (χ2v) is 7.18. The van der Waals surface area contributed by atoms with Crippen LogP contribution in [-0.2, 0) is 9.63 Å². The maximum Gasteiger partial charge on any atom is 0.256 e. The number of anilines is 2. The van der Waals surface area contributed by atoms with Crippen LogP contribution in [0.15, 0.2) is 59.1 Å². The topological polar surface area (TPSA) is 41.6 Å². The Morgan fingerprint density at radius 3 is 2.43 bits per heavy atom. The maximum atomic E-state index is 12.7. The number of para-hydroxylation sites is 1. The monoisotopic (exact) mass is 374 g/mol. The van der Waals surface area contributed by atoms with Gasteiger partial charge >= 0.3 is 0 Å². The minimum Gasteiger partial charge on any atom is -0.358 e. The van der Waals surface area contributed by atoms with Crippen molar-refractivity contribution in [3.63, 3.8) is 0 Å². The number of carbonyl (C=O) groups excluding carboxylic acids is 1. The van der Waals surface area contributed by atoms with Gasteiger partial charge in [-0.3, -0.25) is 4.79 Å². The van der Waals surface area contributed by atoms with Crippen molar-refractivity contribution >= 4 is 33.2 Å². The summed E-state index contributed by atoms with van der Waals surface area (Å²) in [5.74, 6) is -0.0300. The van der Waals surface area contributed by atoms with E-state index in [9.17, 15) is 4.79 Å². The molecular formula is C18H19BrN2O2. The largest absolute Gasteiger partial charge is 0.358 e. The van der Waals surface area contributed by atoms with E-state index in [1.807, 2.05) is 68.4 Å². The van der Waals surface area contributed by atoms with Crippen molar-refractivity contribution in [2.24, 2.45) is 5.41 Å². The Balaban J connectivity index is 1.82. The van der Waals surface area contributed by atoms with E-state index in [0.29, 0.717) is 6.42 Å². The minimum atomic E-state index is -0.499. The fourth-order valence-corrected chi connectivity index (χ4v) is 2.85. The first-order valence-electron chi connectivity index (χ1n) is 7.54. The summed E-state index contributed by atoms with van der Waals surface area (Å²) in [6.45, 7) is 3.90. The molecule has 3 rings (SSSR count). The molecule has 0 saturated carbocycles. The lowest BCUT2D eigenvalue weighted by Crippen LogP contribution is -2.52. The van der Waals surface area contributed by atoms with Crippen LogP contribution in [0.1, 0.15) is 20.3 Å². The molecule has 0 spiro atoms. The average Bonchev–Trinajstić information content (AvgIpc) is 2.53. The molecule has 0 radical (unpaired) electrons. The molecule has 23 heavy (non-hydrogen) atoms. The van der Waals surface area contributed by atoms with Gasteiger partial charge in [0.15, 0.2) is 6.23 Å². The van der Waals surface area contributed by atoms with Crippen LogP contribution in [0.4, 0.5) is 11.4 Å². The molecule has 0 bridgehead atoms. The molecule has 2 aromatic carbocycles. The first-order chi connectivity index (χ1) is 11.0. The summed E-state index contributed by atoms with van der Waals surface area (Å²) >= 11 is 3.42. The molecule has 1 saturated heterocycles. The second-order valence-electron chi connectivity index (χ2n) is 6.27. The summed E-state index contributed by atoms with van der Waals surface area (Å²) in [5.41, 5.74) is 1.20. The van der Waals surface area contributed by atoms with Gasteiger partial charge in [-0.15, -0.1) is 0 Å². The number of nitrogens with one attached hydrogen (secondary N) is 1. The Bertz CT molecular complexity index is 686. The molecule has 4 nitrogen and oxygen atoms in total. The van der Waals surface area contributed by atoms with Crippen LogP contribution < -0.4 is 10.4 Å². The van der Waals surface area contributed by atoms with Gasteiger partial charge in [-0.1, -0.05) is 48.0 Å². The van der Waals surface area contributed by atoms with E-state index in [2.05, 4.69) is 21.2 Å². The number of benzene rings is 2. The maximum absolute atomic E-state index is 12.7. The van der Waals surface area contributed by atoms with Crippen LogP contribution in [0, 0.1) is 5.41 Å². The number of rotatable bonds is 3. The van der Waals surface area contributed by atoms with Gasteiger partial charge in [0.1, 0.15) is 0 Å². The lowest BCUT2D eigenvalue weighted by molar-refractivity contribution is -0.147. The number of hydrogen-bond acceptors (Lipinski definition) is 3. The van der Waals surface area contributed by atoms with Crippen LogP contribution in [0.25, 0.3) is 0 Å². The van der Waals surface area contributed by atoms with E-state index >= 15 is 0 Å². The molecule has 1 aliphatic rings. The van der Waals surface area contributed by atoms with Crippen molar-refractivity contribution in [3.8, 4) is 0 Å². The quantitative estimate of drug-likeness (QED) is 0.854. The van der Waals surface area contributed by atoms with Crippen molar-refractivity contribution in [1.82, 2.24) is 0 Å². The number of amides is 1. The number of halogens is 1. The first kappa shape index (κ1) is 16.0. The predicted octanol–water partition coefficient (Wildman–Crippen LogP) is 4.58. The van der Waals surface area contributed by atoms with E-state index in [1.54, 1.807) is 0 Å². The van der Waals surface area contributed by atoms with Gasteiger partial charge in [-0.2, -0.15) is 5.06 Å². The van der Waals surface area contributed by atoms with Crippen LogP contribution in [0.3, 0.4) is 0 Å². The summed E-state index contributed by atoms with van der Waals surface area (Å²) in [6, 6.07) is 17.3. The van der Waals surface area contributed by atoms with Crippen molar-refractivity contribution in [1.29, 1.82) is 0 Å². The number of hydrogen-bond donors (Lipinski definition) is 1. The van der Waals surface area contributed by atoms with Crippen molar-refractivity contribution in [2.45, 2.75) is 26.5 Å². The molecule has 120 valence electrons. The van der Waals surface area contributed by atoms with Gasteiger partial charge in [-0.05, 0) is 36.4 Å². The second kappa shape index (κ2) is 6.34. The van der Waals surface area contributed by atoms with E-state index < -0.39 is 5.41 Å². The van der Waals surface area contributed by atoms with Gasteiger partial charge in [0, 0.05) is 16.6 Å². The van der Waals surface area contributed by atoms with Crippen molar-refractivity contribution < 1.29 is 9.63 Å². The van der Waals surface area contributed by atoms with Crippen LogP contribution in [-0.4, -0.2) is 12.1 Å². The van der Waals surface area contributed by atoms with Gasteiger partial charge in [0.25, 0.3) is 5.91 Å². The fourth-order valence-electron chi connectivity index (χ4n) is 2.59. The molecule has 0 aromatic heterocycles. The summed E-state index contributed by atoms with van der Waals surface area (Å²) < 4.78 is 1.02. The zero-order valence-corrected chi connectivity index (χ0v) is 14.7. The van der Waals surface area contributed by atoms with Crippen LogP contribution in [0.5, 0.6) is 0 Å². The molecule has 1 unspecified atom stereocenters. The molecule has 0 aliphatic carbocycles. The Labute approximate surface area is 144 Å². The highest BCUT2D eigenvalue weighted by Gasteiger charge is 2.42. The molecule has 1 amide bonds. The van der Waals surface area contributed by atoms with E-state index in [1.165, 1.54) is 5.06 Å². The van der Waals surface area contributed by atoms with Gasteiger partial charge in [0.05, 0.1) is 11.1 Å². The van der Waals surface area contributed by atoms with Crippen LogP contribution >= 0.6 is 15.9 Å². The van der Waals surface area contributed by atoms with Gasteiger partial charge < -0.3 is 5.32 Å². The number of hydroxylamine groups is 1. The summed E-state index contributed by atoms with van der Waals surface area (Å²) in [6.07, 6.45) is 0.328. The summed E-state index contributed by atoms with van der Waals surface area (Å²) in [7, 11) is 0. The Hall–Kier alpha value is -1.85. The molecule has 2 aromatic rings. The van der Waals surface area contributed by atoms with E-state index in [-0.39, 0.29) is 12.1 Å². The predicted molar refractivity (Wildman–Crippen MR) is 95.0 cm³/mol. The minimum absolute atomic E-state index is 0.0300. The standard InChI is InChI=1S/C18H19BrN2O2/c1-18(2)12-16(20-14-10-8-13(19)9-11-14)23-21(17(18)22)15-6-4-3-5-7-15/h3-11,16,20H,12H2,1-2H3. The summed E-state index contributed by atoms with van der Waals surface area (Å²) in [4.78, 5) is 18.6. The zero-order valence-electron chi connectivity index (χ0n) is 13.1. The third-order valence-corrected chi connectivity index (χ3v) is 4.38. The van der Waals surface area contributed by atoms with Crippen LogP contribution in [0.2, 0.25) is 0 Å². The molecule has 1 heterocycles. The Kier molecular flexibility index (Phi) is 4.41. The number of carbonyl (C=O) groups is 1. The molecular weight excluding hydrogens is 356 g/mol. The fraction of sp³-hybridized carbons (Fsp3) is 0.278. The molecule has 1 atom stereocenters. The Morgan fingerprint density at radius 2 is 1.78 bits per heavy atom. The highest BCUT2D eigenvalue weighted by Crippen LogP contribution is 2.35. The highest BCUT2D eigenvalue weighted by molar-refractivity contribution is 9.10. The van der Waals surface area contributed by atoms with Crippen molar-refractivity contribution in [3.05, 3.63) is 59.1 Å². The average molecular weight is 375 g/mol. The molecule has 5 heteroatoms. The van der Waals surface area contributed by atoms with E-state index in [4.69, 9.17) is 4.84 Å².